The fraction of sp³-hybridized carbons (Fsp3) is 0.917. The third kappa shape index (κ3) is 6.48. The van der Waals surface area contributed by atoms with Crippen LogP contribution in [0.1, 0.15) is 27.7 Å². The topological polar surface area (TPSA) is 50.8 Å². The summed E-state index contributed by atoms with van der Waals surface area (Å²) in [6.45, 7) is 11.8. The average molecular weight is 244 g/mol. The van der Waals surface area contributed by atoms with E-state index in [2.05, 4.69) is 10.2 Å². The van der Waals surface area contributed by atoms with Gasteiger partial charge in [-0.1, -0.05) is 0 Å². The fourth-order valence-corrected chi connectivity index (χ4v) is 1.73. The van der Waals surface area contributed by atoms with Crippen molar-refractivity contribution in [1.29, 1.82) is 0 Å². The molecule has 5 nitrogen and oxygen atoms in total. The number of nitrogens with one attached hydrogen (secondary N) is 1. The zero-order valence-corrected chi connectivity index (χ0v) is 11.3. The Labute approximate surface area is 103 Å². The Morgan fingerprint density at radius 2 is 2.00 bits per heavy atom. The van der Waals surface area contributed by atoms with Crippen molar-refractivity contribution in [3.63, 3.8) is 0 Å². The number of nitrogens with zero attached hydrogens (tertiary/aromatic N) is 1. The summed E-state index contributed by atoms with van der Waals surface area (Å²) in [5, 5.41) is 2.84. The van der Waals surface area contributed by atoms with E-state index in [0.717, 1.165) is 32.8 Å². The Morgan fingerprint density at radius 3 is 2.53 bits per heavy atom. The van der Waals surface area contributed by atoms with Crippen LogP contribution in [0, 0.1) is 0 Å². The largest absolute Gasteiger partial charge is 0.444 e. The molecule has 100 valence electrons. The number of rotatable bonds is 3. The molecule has 0 aromatic rings. The highest BCUT2D eigenvalue weighted by Gasteiger charge is 2.19. The molecule has 0 bridgehead atoms. The number of amides is 1. The van der Waals surface area contributed by atoms with Gasteiger partial charge in [-0.3, -0.25) is 4.90 Å². The minimum atomic E-state index is -0.442. The van der Waals surface area contributed by atoms with Crippen molar-refractivity contribution in [2.45, 2.75) is 39.3 Å². The Hall–Kier alpha value is -0.810. The van der Waals surface area contributed by atoms with Gasteiger partial charge in [0.1, 0.15) is 5.60 Å². The molecule has 1 N–H and O–H groups in total. The predicted octanol–water partition coefficient (Wildman–Crippen LogP) is 1.23. The molecule has 1 saturated heterocycles. The second-order valence-corrected chi connectivity index (χ2v) is 5.46. The lowest BCUT2D eigenvalue weighted by Gasteiger charge is -2.29. The highest BCUT2D eigenvalue weighted by Crippen LogP contribution is 2.07. The summed E-state index contributed by atoms with van der Waals surface area (Å²) < 4.78 is 10.5. The van der Waals surface area contributed by atoms with Crippen LogP contribution in [0.2, 0.25) is 0 Å². The second-order valence-electron chi connectivity index (χ2n) is 5.46. The van der Waals surface area contributed by atoms with Crippen LogP contribution in [0.3, 0.4) is 0 Å². The maximum Gasteiger partial charge on any atom is 0.407 e. The molecule has 1 heterocycles. The SMILES string of the molecule is CC(CN1CCOCC1)NC(=O)OC(C)(C)C. The number of hydrogen-bond donors (Lipinski definition) is 1. The van der Waals surface area contributed by atoms with Crippen LogP contribution in [0.15, 0.2) is 0 Å². The Kier molecular flexibility index (Phi) is 5.21. The van der Waals surface area contributed by atoms with E-state index < -0.39 is 5.60 Å². The molecule has 1 atom stereocenters. The summed E-state index contributed by atoms with van der Waals surface area (Å²) in [6, 6.07) is 0.0861. The molecule has 0 radical (unpaired) electrons. The lowest BCUT2D eigenvalue weighted by atomic mass is 10.2. The van der Waals surface area contributed by atoms with Crippen molar-refractivity contribution in [3.8, 4) is 0 Å². The number of hydrogen-bond acceptors (Lipinski definition) is 4. The summed E-state index contributed by atoms with van der Waals surface area (Å²) in [5.74, 6) is 0. The van der Waals surface area contributed by atoms with Crippen molar-refractivity contribution in [2.24, 2.45) is 0 Å². The number of alkyl carbamates (subject to hydrolysis) is 1. The van der Waals surface area contributed by atoms with E-state index in [1.165, 1.54) is 0 Å². The van der Waals surface area contributed by atoms with Gasteiger partial charge in [0.15, 0.2) is 0 Å². The number of carbonyl (C=O) groups is 1. The van der Waals surface area contributed by atoms with Gasteiger partial charge in [-0.25, -0.2) is 4.79 Å². The molecule has 0 aromatic carbocycles. The van der Waals surface area contributed by atoms with Gasteiger partial charge in [0.25, 0.3) is 0 Å². The van der Waals surface area contributed by atoms with Gasteiger partial charge in [-0.15, -0.1) is 0 Å². The monoisotopic (exact) mass is 244 g/mol. The van der Waals surface area contributed by atoms with Gasteiger partial charge < -0.3 is 14.8 Å². The van der Waals surface area contributed by atoms with Crippen molar-refractivity contribution in [3.05, 3.63) is 0 Å². The minimum Gasteiger partial charge on any atom is -0.444 e. The second kappa shape index (κ2) is 6.21. The highest BCUT2D eigenvalue weighted by molar-refractivity contribution is 5.68. The summed E-state index contributed by atoms with van der Waals surface area (Å²) in [6.07, 6.45) is -0.349. The third-order valence-corrected chi connectivity index (χ3v) is 2.40. The lowest BCUT2D eigenvalue weighted by molar-refractivity contribution is 0.0301. The first-order chi connectivity index (χ1) is 7.87. The summed E-state index contributed by atoms with van der Waals surface area (Å²) in [4.78, 5) is 13.8. The molecule has 0 aromatic heterocycles. The maximum atomic E-state index is 11.5. The molecule has 1 aliphatic heterocycles. The highest BCUT2D eigenvalue weighted by atomic mass is 16.6. The van der Waals surface area contributed by atoms with Crippen LogP contribution < -0.4 is 5.32 Å². The number of ether oxygens (including phenoxy) is 2. The van der Waals surface area contributed by atoms with Gasteiger partial charge in [-0.05, 0) is 27.7 Å². The van der Waals surface area contributed by atoms with Gasteiger partial charge in [-0.2, -0.15) is 0 Å². The van der Waals surface area contributed by atoms with Crippen LogP contribution in [0.5, 0.6) is 0 Å². The first-order valence-corrected chi connectivity index (χ1v) is 6.16. The van der Waals surface area contributed by atoms with Crippen molar-refractivity contribution in [1.82, 2.24) is 10.2 Å². The van der Waals surface area contributed by atoms with E-state index in [1.807, 2.05) is 27.7 Å². The van der Waals surface area contributed by atoms with Gasteiger partial charge >= 0.3 is 6.09 Å². The first kappa shape index (κ1) is 14.3. The summed E-state index contributed by atoms with van der Waals surface area (Å²) in [7, 11) is 0. The summed E-state index contributed by atoms with van der Waals surface area (Å²) in [5.41, 5.74) is -0.442. The Bertz CT molecular complexity index is 245. The van der Waals surface area contributed by atoms with E-state index in [9.17, 15) is 4.79 Å². The molecule has 1 rings (SSSR count). The molecular weight excluding hydrogens is 220 g/mol. The van der Waals surface area contributed by atoms with Crippen LogP contribution in [-0.4, -0.2) is 55.5 Å². The molecule has 0 aliphatic carbocycles. The van der Waals surface area contributed by atoms with Crippen LogP contribution in [0.25, 0.3) is 0 Å². The maximum absolute atomic E-state index is 11.5. The Balaban J connectivity index is 2.23. The molecule has 1 aliphatic rings. The summed E-state index contributed by atoms with van der Waals surface area (Å²) >= 11 is 0. The van der Waals surface area contributed by atoms with E-state index >= 15 is 0 Å². The zero-order chi connectivity index (χ0) is 12.9. The molecule has 5 heteroatoms. The first-order valence-electron chi connectivity index (χ1n) is 6.16. The third-order valence-electron chi connectivity index (χ3n) is 2.40. The molecule has 0 spiro atoms. The standard InChI is InChI=1S/C12H24N2O3/c1-10(9-14-5-7-16-8-6-14)13-11(15)17-12(2,3)4/h10H,5-9H2,1-4H3,(H,13,15). The predicted molar refractivity (Wildman–Crippen MR) is 66.1 cm³/mol. The minimum absolute atomic E-state index is 0.0861. The van der Waals surface area contributed by atoms with Crippen LogP contribution in [-0.2, 0) is 9.47 Å². The molecule has 1 unspecified atom stereocenters. The normalized spacial score (nSPS) is 19.8. The smallest absolute Gasteiger partial charge is 0.407 e. The van der Waals surface area contributed by atoms with Crippen LogP contribution >= 0.6 is 0 Å². The zero-order valence-electron chi connectivity index (χ0n) is 11.3. The van der Waals surface area contributed by atoms with Crippen LogP contribution in [0.4, 0.5) is 4.79 Å². The van der Waals surface area contributed by atoms with E-state index in [4.69, 9.17) is 9.47 Å². The van der Waals surface area contributed by atoms with Crippen molar-refractivity contribution in [2.75, 3.05) is 32.8 Å². The van der Waals surface area contributed by atoms with E-state index in [1.54, 1.807) is 0 Å². The lowest BCUT2D eigenvalue weighted by Crippen LogP contribution is -2.47. The van der Waals surface area contributed by atoms with E-state index in [-0.39, 0.29) is 12.1 Å². The van der Waals surface area contributed by atoms with Crippen molar-refractivity contribution >= 4 is 6.09 Å². The molecule has 1 amide bonds. The molecule has 17 heavy (non-hydrogen) atoms. The van der Waals surface area contributed by atoms with Gasteiger partial charge in [0, 0.05) is 25.7 Å². The number of carbonyl (C=O) groups excluding carboxylic acids is 1. The average Bonchev–Trinajstić information content (AvgIpc) is 2.15. The molecular formula is C12H24N2O3. The molecule has 1 fully saturated rings. The molecule has 0 saturated carbocycles. The quantitative estimate of drug-likeness (QED) is 0.811. The van der Waals surface area contributed by atoms with Gasteiger partial charge in [0.2, 0.25) is 0 Å². The van der Waals surface area contributed by atoms with Crippen molar-refractivity contribution < 1.29 is 14.3 Å². The van der Waals surface area contributed by atoms with Gasteiger partial charge in [0.05, 0.1) is 13.2 Å². The number of morpholine rings is 1. The van der Waals surface area contributed by atoms with E-state index in [0.29, 0.717) is 0 Å². The Morgan fingerprint density at radius 1 is 1.41 bits per heavy atom. The fourth-order valence-electron chi connectivity index (χ4n) is 1.73.